The Hall–Kier alpha value is -2.61. The van der Waals surface area contributed by atoms with Gasteiger partial charge in [0.15, 0.2) is 0 Å². The summed E-state index contributed by atoms with van der Waals surface area (Å²) in [5.74, 6) is -0.203. The number of anilines is 1. The van der Waals surface area contributed by atoms with Crippen LogP contribution >= 0.6 is 0 Å². The molecular formula is C13H12N2O5S. The highest BCUT2D eigenvalue weighted by molar-refractivity contribution is 7.92. The molecule has 0 fully saturated rings. The van der Waals surface area contributed by atoms with Gasteiger partial charge in [-0.1, -0.05) is 6.07 Å². The molecule has 8 heteroatoms. The second kappa shape index (κ2) is 5.41. The van der Waals surface area contributed by atoms with Crippen LogP contribution in [-0.4, -0.2) is 18.4 Å². The van der Waals surface area contributed by atoms with Crippen molar-refractivity contribution in [3.8, 4) is 5.75 Å². The van der Waals surface area contributed by atoms with Crippen molar-refractivity contribution in [2.75, 3.05) is 4.72 Å². The lowest BCUT2D eigenvalue weighted by molar-refractivity contribution is -0.384. The molecule has 0 atom stereocenters. The Kier molecular flexibility index (Phi) is 3.81. The number of benzene rings is 2. The lowest BCUT2D eigenvalue weighted by Gasteiger charge is -2.10. The predicted octanol–water partition coefficient (Wildman–Crippen LogP) is 2.41. The Labute approximate surface area is 121 Å². The SMILES string of the molecule is Cc1ccc(O)c(NS(=O)(=O)c2ccc([N+](=O)[O-])cc2)c1. The highest BCUT2D eigenvalue weighted by Crippen LogP contribution is 2.27. The maximum absolute atomic E-state index is 12.2. The van der Waals surface area contributed by atoms with Gasteiger partial charge in [0.2, 0.25) is 0 Å². The van der Waals surface area contributed by atoms with E-state index < -0.39 is 14.9 Å². The van der Waals surface area contributed by atoms with E-state index in [1.807, 2.05) is 0 Å². The number of non-ortho nitro benzene ring substituents is 1. The molecule has 0 aliphatic carbocycles. The molecule has 0 aliphatic rings. The average molecular weight is 308 g/mol. The van der Waals surface area contributed by atoms with Crippen LogP contribution in [0.4, 0.5) is 11.4 Å². The largest absolute Gasteiger partial charge is 0.506 e. The third-order valence-electron chi connectivity index (χ3n) is 2.75. The van der Waals surface area contributed by atoms with Gasteiger partial charge in [0.25, 0.3) is 15.7 Å². The topological polar surface area (TPSA) is 110 Å². The molecule has 2 aromatic rings. The first kappa shape index (κ1) is 14.8. The molecular weight excluding hydrogens is 296 g/mol. The number of nitro benzene ring substituents is 1. The molecule has 0 aromatic heterocycles. The van der Waals surface area contributed by atoms with Gasteiger partial charge < -0.3 is 5.11 Å². The number of rotatable bonds is 4. The number of nitrogens with zero attached hydrogens (tertiary/aromatic N) is 1. The minimum Gasteiger partial charge on any atom is -0.506 e. The van der Waals surface area contributed by atoms with Gasteiger partial charge in [0.05, 0.1) is 15.5 Å². The minimum absolute atomic E-state index is 0.0494. The Balaban J connectivity index is 2.34. The maximum atomic E-state index is 12.2. The van der Waals surface area contributed by atoms with Crippen molar-refractivity contribution in [1.82, 2.24) is 0 Å². The fraction of sp³-hybridized carbons (Fsp3) is 0.0769. The quantitative estimate of drug-likeness (QED) is 0.512. The smallest absolute Gasteiger partial charge is 0.269 e. The van der Waals surface area contributed by atoms with Gasteiger partial charge in [-0.25, -0.2) is 8.42 Å². The van der Waals surface area contributed by atoms with Crippen molar-refractivity contribution in [3.63, 3.8) is 0 Å². The number of phenolic OH excluding ortho intramolecular Hbond substituents is 1. The van der Waals surface area contributed by atoms with Crippen molar-refractivity contribution in [2.24, 2.45) is 0 Å². The lowest BCUT2D eigenvalue weighted by atomic mass is 10.2. The Bertz CT molecular complexity index is 785. The minimum atomic E-state index is -3.93. The van der Waals surface area contributed by atoms with E-state index in [9.17, 15) is 23.6 Å². The zero-order valence-corrected chi connectivity index (χ0v) is 11.8. The van der Waals surface area contributed by atoms with Crippen LogP contribution in [0.2, 0.25) is 0 Å². The first-order chi connectivity index (χ1) is 9.79. The fourth-order valence-corrected chi connectivity index (χ4v) is 2.75. The van der Waals surface area contributed by atoms with Crippen LogP contribution in [0.1, 0.15) is 5.56 Å². The summed E-state index contributed by atoms with van der Waals surface area (Å²) < 4.78 is 26.6. The summed E-state index contributed by atoms with van der Waals surface area (Å²) >= 11 is 0. The van der Waals surface area contributed by atoms with Gasteiger partial charge in [-0.3, -0.25) is 14.8 Å². The number of nitro groups is 1. The van der Waals surface area contributed by atoms with Crippen molar-refractivity contribution in [2.45, 2.75) is 11.8 Å². The molecule has 0 saturated heterocycles. The molecule has 2 N–H and O–H groups in total. The van der Waals surface area contributed by atoms with E-state index in [1.54, 1.807) is 13.0 Å². The molecule has 7 nitrogen and oxygen atoms in total. The van der Waals surface area contributed by atoms with Crippen LogP contribution < -0.4 is 4.72 Å². The van der Waals surface area contributed by atoms with E-state index in [2.05, 4.69) is 4.72 Å². The molecule has 2 rings (SSSR count). The Morgan fingerprint density at radius 1 is 1.14 bits per heavy atom. The molecule has 2 aromatic carbocycles. The van der Waals surface area contributed by atoms with E-state index in [4.69, 9.17) is 0 Å². The summed E-state index contributed by atoms with van der Waals surface area (Å²) in [6, 6.07) is 8.97. The van der Waals surface area contributed by atoms with Crippen molar-refractivity contribution in [3.05, 3.63) is 58.1 Å². The maximum Gasteiger partial charge on any atom is 0.269 e. The summed E-state index contributed by atoms with van der Waals surface area (Å²) in [6.07, 6.45) is 0. The summed E-state index contributed by atoms with van der Waals surface area (Å²) in [7, 11) is -3.93. The first-order valence-electron chi connectivity index (χ1n) is 5.86. The molecule has 0 aliphatic heterocycles. The zero-order valence-electron chi connectivity index (χ0n) is 11.0. The van der Waals surface area contributed by atoms with Crippen molar-refractivity contribution < 1.29 is 18.4 Å². The van der Waals surface area contributed by atoms with Crippen molar-refractivity contribution >= 4 is 21.4 Å². The monoisotopic (exact) mass is 308 g/mol. The molecule has 0 spiro atoms. The van der Waals surface area contributed by atoms with Crippen LogP contribution in [0.5, 0.6) is 5.75 Å². The van der Waals surface area contributed by atoms with E-state index >= 15 is 0 Å². The molecule has 110 valence electrons. The van der Waals surface area contributed by atoms with Crippen LogP contribution in [0, 0.1) is 17.0 Å². The normalized spacial score (nSPS) is 11.1. The fourth-order valence-electron chi connectivity index (χ4n) is 1.68. The lowest BCUT2D eigenvalue weighted by Crippen LogP contribution is -2.13. The van der Waals surface area contributed by atoms with E-state index in [0.717, 1.165) is 29.8 Å². The Morgan fingerprint density at radius 3 is 2.33 bits per heavy atom. The van der Waals surface area contributed by atoms with Gasteiger partial charge in [0.1, 0.15) is 5.75 Å². The predicted molar refractivity (Wildman–Crippen MR) is 76.7 cm³/mol. The number of phenols is 1. The van der Waals surface area contributed by atoms with E-state index in [1.165, 1.54) is 12.1 Å². The number of aryl methyl sites for hydroxylation is 1. The van der Waals surface area contributed by atoms with Gasteiger partial charge >= 0.3 is 0 Å². The van der Waals surface area contributed by atoms with E-state index in [-0.39, 0.29) is 22.0 Å². The highest BCUT2D eigenvalue weighted by atomic mass is 32.2. The van der Waals surface area contributed by atoms with Crippen LogP contribution in [-0.2, 0) is 10.0 Å². The standard InChI is InChI=1S/C13H12N2O5S/c1-9-2-7-13(16)12(8-9)14-21(19,20)11-5-3-10(4-6-11)15(17)18/h2-8,14,16H,1H3. The third kappa shape index (κ3) is 3.29. The van der Waals surface area contributed by atoms with Gasteiger partial charge in [-0.05, 0) is 36.8 Å². The van der Waals surface area contributed by atoms with Gasteiger partial charge in [-0.15, -0.1) is 0 Å². The molecule has 0 radical (unpaired) electrons. The molecule has 0 saturated carbocycles. The number of aromatic hydroxyl groups is 1. The second-order valence-electron chi connectivity index (χ2n) is 4.38. The number of hydrogen-bond acceptors (Lipinski definition) is 5. The summed E-state index contributed by atoms with van der Waals surface area (Å²) in [6.45, 7) is 1.75. The molecule has 0 unspecified atom stereocenters. The molecule has 0 amide bonds. The molecule has 0 bridgehead atoms. The van der Waals surface area contributed by atoms with Crippen LogP contribution in [0.15, 0.2) is 47.4 Å². The summed E-state index contributed by atoms with van der Waals surface area (Å²) in [5, 5.41) is 20.2. The summed E-state index contributed by atoms with van der Waals surface area (Å²) in [5.41, 5.74) is 0.620. The zero-order chi connectivity index (χ0) is 15.6. The van der Waals surface area contributed by atoms with Crippen LogP contribution in [0.25, 0.3) is 0 Å². The van der Waals surface area contributed by atoms with E-state index in [0.29, 0.717) is 0 Å². The molecule has 21 heavy (non-hydrogen) atoms. The highest BCUT2D eigenvalue weighted by Gasteiger charge is 2.17. The number of nitrogens with one attached hydrogen (secondary N) is 1. The van der Waals surface area contributed by atoms with Crippen molar-refractivity contribution in [1.29, 1.82) is 0 Å². The first-order valence-corrected chi connectivity index (χ1v) is 7.35. The number of sulfonamides is 1. The third-order valence-corrected chi connectivity index (χ3v) is 4.14. The second-order valence-corrected chi connectivity index (χ2v) is 6.06. The van der Waals surface area contributed by atoms with Crippen LogP contribution in [0.3, 0.4) is 0 Å². The summed E-state index contributed by atoms with van der Waals surface area (Å²) in [4.78, 5) is 9.80. The van der Waals surface area contributed by atoms with Gasteiger partial charge in [-0.2, -0.15) is 0 Å². The molecule has 0 heterocycles. The van der Waals surface area contributed by atoms with Gasteiger partial charge in [0, 0.05) is 12.1 Å². The Morgan fingerprint density at radius 2 is 1.76 bits per heavy atom. The average Bonchev–Trinajstić information content (AvgIpc) is 2.43. The number of hydrogen-bond donors (Lipinski definition) is 2.